The Labute approximate surface area is 182 Å². The van der Waals surface area contributed by atoms with E-state index in [0.29, 0.717) is 17.2 Å². The van der Waals surface area contributed by atoms with Gasteiger partial charge in [0.25, 0.3) is 11.6 Å². The highest BCUT2D eigenvalue weighted by Gasteiger charge is 2.22. The summed E-state index contributed by atoms with van der Waals surface area (Å²) < 4.78 is 13.4. The molecule has 0 unspecified atom stereocenters. The van der Waals surface area contributed by atoms with Crippen LogP contribution in [-0.2, 0) is 6.42 Å². The predicted molar refractivity (Wildman–Crippen MR) is 118 cm³/mol. The molecule has 2 heterocycles. The highest BCUT2D eigenvalue weighted by molar-refractivity contribution is 7.15. The van der Waals surface area contributed by atoms with Crippen molar-refractivity contribution in [3.63, 3.8) is 0 Å². The average Bonchev–Trinajstić information content (AvgIpc) is 3.20. The highest BCUT2D eigenvalue weighted by Crippen LogP contribution is 2.29. The zero-order chi connectivity index (χ0) is 21.8. The molecular weight excluding hydrogens is 419 g/mol. The smallest absolute Gasteiger partial charge is 0.270 e. The van der Waals surface area contributed by atoms with Gasteiger partial charge in [0, 0.05) is 42.7 Å². The number of carbonyl (C=O) groups is 1. The molecule has 0 spiro atoms. The molecule has 1 saturated heterocycles. The van der Waals surface area contributed by atoms with Crippen LogP contribution in [0.3, 0.4) is 0 Å². The molecular formula is C22H21FN4O3S. The second-order valence-electron chi connectivity index (χ2n) is 7.40. The zero-order valence-corrected chi connectivity index (χ0v) is 17.5. The summed E-state index contributed by atoms with van der Waals surface area (Å²) in [6.45, 7) is 1.63. The number of hydrogen-bond acceptors (Lipinski definition) is 6. The van der Waals surface area contributed by atoms with Crippen LogP contribution in [-0.4, -0.2) is 28.9 Å². The molecule has 0 aliphatic carbocycles. The Kier molecular flexibility index (Phi) is 6.22. The summed E-state index contributed by atoms with van der Waals surface area (Å²) in [4.78, 5) is 31.0. The normalized spacial score (nSPS) is 13.8. The van der Waals surface area contributed by atoms with E-state index in [4.69, 9.17) is 0 Å². The molecule has 4 rings (SSSR count). The number of non-ortho nitro benzene ring substituents is 1. The summed E-state index contributed by atoms with van der Waals surface area (Å²) >= 11 is 1.30. The lowest BCUT2D eigenvalue weighted by molar-refractivity contribution is -0.384. The third-order valence-corrected chi connectivity index (χ3v) is 6.09. The topological polar surface area (TPSA) is 88.4 Å². The van der Waals surface area contributed by atoms with Crippen LogP contribution in [0.25, 0.3) is 0 Å². The fourth-order valence-corrected chi connectivity index (χ4v) is 4.53. The molecule has 0 radical (unpaired) electrons. The third-order valence-electron chi connectivity index (χ3n) is 5.17. The van der Waals surface area contributed by atoms with Crippen LogP contribution in [0.4, 0.5) is 20.9 Å². The Morgan fingerprint density at radius 1 is 1.19 bits per heavy atom. The molecule has 2 aromatic carbocycles. The fourth-order valence-electron chi connectivity index (χ4n) is 3.69. The molecule has 0 saturated carbocycles. The number of nitrogens with zero attached hydrogens (tertiary/aromatic N) is 3. The van der Waals surface area contributed by atoms with Gasteiger partial charge >= 0.3 is 0 Å². The molecule has 1 aromatic heterocycles. The van der Waals surface area contributed by atoms with E-state index in [1.54, 1.807) is 18.3 Å². The Morgan fingerprint density at radius 3 is 2.74 bits per heavy atom. The lowest BCUT2D eigenvalue weighted by atomic mass is 10.1. The summed E-state index contributed by atoms with van der Waals surface area (Å²) in [6, 6.07) is 10.7. The molecule has 1 aliphatic rings. The van der Waals surface area contributed by atoms with Crippen molar-refractivity contribution in [2.24, 2.45) is 0 Å². The molecule has 1 N–H and O–H groups in total. The van der Waals surface area contributed by atoms with E-state index in [1.807, 2.05) is 6.07 Å². The molecule has 1 aliphatic heterocycles. The van der Waals surface area contributed by atoms with Crippen LogP contribution in [0.15, 0.2) is 48.7 Å². The minimum Gasteiger partial charge on any atom is -0.371 e. The van der Waals surface area contributed by atoms with Crippen molar-refractivity contribution in [3.05, 3.63) is 80.6 Å². The van der Waals surface area contributed by atoms with E-state index < -0.39 is 10.8 Å². The summed E-state index contributed by atoms with van der Waals surface area (Å²) in [5, 5.41) is 14.4. The number of benzene rings is 2. The predicted octanol–water partition coefficient (Wildman–Crippen LogP) is 5.02. The van der Waals surface area contributed by atoms with E-state index >= 15 is 0 Å². The number of nitro benzene ring substituents is 1. The number of nitro groups is 1. The number of amides is 1. The van der Waals surface area contributed by atoms with Gasteiger partial charge in [0.05, 0.1) is 16.2 Å². The largest absolute Gasteiger partial charge is 0.371 e. The molecule has 7 nitrogen and oxygen atoms in total. The van der Waals surface area contributed by atoms with Gasteiger partial charge in [0.2, 0.25) is 0 Å². The first-order valence-electron chi connectivity index (χ1n) is 10.0. The number of thiazole rings is 1. The van der Waals surface area contributed by atoms with E-state index in [1.165, 1.54) is 35.6 Å². The lowest BCUT2D eigenvalue weighted by Gasteiger charge is -2.30. The van der Waals surface area contributed by atoms with Gasteiger partial charge in [-0.15, -0.1) is 11.3 Å². The Balaban J connectivity index is 1.54. The first-order valence-corrected chi connectivity index (χ1v) is 10.8. The molecule has 9 heteroatoms. The maximum absolute atomic E-state index is 13.4. The summed E-state index contributed by atoms with van der Waals surface area (Å²) in [5.41, 5.74) is 1.64. The van der Waals surface area contributed by atoms with Gasteiger partial charge in [-0.25, -0.2) is 9.37 Å². The second kappa shape index (κ2) is 9.22. The fraction of sp³-hybridized carbons (Fsp3) is 0.273. The maximum Gasteiger partial charge on any atom is 0.270 e. The summed E-state index contributed by atoms with van der Waals surface area (Å²) in [5.74, 6) is -0.734. The minimum absolute atomic E-state index is 0.128. The third kappa shape index (κ3) is 5.05. The van der Waals surface area contributed by atoms with Crippen molar-refractivity contribution < 1.29 is 14.1 Å². The summed E-state index contributed by atoms with van der Waals surface area (Å²) in [6.07, 6.45) is 5.32. The van der Waals surface area contributed by atoms with E-state index in [-0.39, 0.29) is 17.1 Å². The number of hydrogen-bond donors (Lipinski definition) is 1. The molecule has 160 valence electrons. The monoisotopic (exact) mass is 440 g/mol. The maximum atomic E-state index is 13.4. The first-order chi connectivity index (χ1) is 15.0. The number of anilines is 2. The molecule has 31 heavy (non-hydrogen) atoms. The number of piperidine rings is 1. The molecule has 1 amide bonds. The summed E-state index contributed by atoms with van der Waals surface area (Å²) in [7, 11) is 0. The van der Waals surface area contributed by atoms with Crippen molar-refractivity contribution >= 4 is 33.8 Å². The number of rotatable bonds is 6. The van der Waals surface area contributed by atoms with Gasteiger partial charge in [-0.05, 0) is 43.0 Å². The van der Waals surface area contributed by atoms with Crippen LogP contribution in [0, 0.1) is 15.9 Å². The minimum atomic E-state index is -0.503. The lowest BCUT2D eigenvalue weighted by Crippen LogP contribution is -2.31. The number of aromatic nitrogens is 1. The van der Waals surface area contributed by atoms with Gasteiger partial charge < -0.3 is 4.90 Å². The number of carbonyl (C=O) groups excluding carboxylic acids is 1. The van der Waals surface area contributed by atoms with Crippen molar-refractivity contribution in [3.8, 4) is 0 Å². The van der Waals surface area contributed by atoms with Crippen molar-refractivity contribution in [2.45, 2.75) is 25.7 Å². The van der Waals surface area contributed by atoms with Crippen LogP contribution < -0.4 is 10.2 Å². The highest BCUT2D eigenvalue weighted by atomic mass is 32.1. The standard InChI is InChI=1S/C22H21FN4O3S/c23-16-6-4-5-15(11-16)12-18-14-24-22(31-18)25-21(28)19-13-17(27(29)30)7-8-20(19)26-9-2-1-3-10-26/h4-8,11,13-14H,1-3,9-10,12H2,(H,24,25,28). The first kappa shape index (κ1) is 20.9. The van der Waals surface area contributed by atoms with Crippen LogP contribution in [0.5, 0.6) is 0 Å². The molecule has 1 fully saturated rings. The van der Waals surface area contributed by atoms with Gasteiger partial charge in [0.15, 0.2) is 5.13 Å². The van der Waals surface area contributed by atoms with Crippen LogP contribution in [0.2, 0.25) is 0 Å². The molecule has 0 atom stereocenters. The van der Waals surface area contributed by atoms with E-state index in [2.05, 4.69) is 15.2 Å². The average molecular weight is 441 g/mol. The van der Waals surface area contributed by atoms with Crippen molar-refractivity contribution in [1.29, 1.82) is 0 Å². The van der Waals surface area contributed by atoms with Crippen molar-refractivity contribution in [2.75, 3.05) is 23.3 Å². The number of halogens is 1. The van der Waals surface area contributed by atoms with Crippen molar-refractivity contribution in [1.82, 2.24) is 4.98 Å². The molecule has 3 aromatic rings. The zero-order valence-electron chi connectivity index (χ0n) is 16.7. The van der Waals surface area contributed by atoms with Gasteiger partial charge in [-0.3, -0.25) is 20.2 Å². The van der Waals surface area contributed by atoms with Gasteiger partial charge in [-0.2, -0.15) is 0 Å². The Morgan fingerprint density at radius 2 is 2.00 bits per heavy atom. The van der Waals surface area contributed by atoms with E-state index in [9.17, 15) is 19.3 Å². The van der Waals surface area contributed by atoms with Gasteiger partial charge in [0.1, 0.15) is 5.82 Å². The van der Waals surface area contributed by atoms with Crippen LogP contribution in [0.1, 0.15) is 40.1 Å². The van der Waals surface area contributed by atoms with E-state index in [0.717, 1.165) is 42.8 Å². The van der Waals surface area contributed by atoms with Crippen LogP contribution >= 0.6 is 11.3 Å². The SMILES string of the molecule is O=C(Nc1ncc(Cc2cccc(F)c2)s1)c1cc([N+](=O)[O-])ccc1N1CCCCC1. The number of nitrogens with one attached hydrogen (secondary N) is 1. The Hall–Kier alpha value is -3.33. The van der Waals surface area contributed by atoms with Gasteiger partial charge in [-0.1, -0.05) is 12.1 Å². The quantitative estimate of drug-likeness (QED) is 0.429. The molecule has 0 bridgehead atoms. The Bertz CT molecular complexity index is 1110. The second-order valence-corrected chi connectivity index (χ2v) is 8.51.